The van der Waals surface area contributed by atoms with Gasteiger partial charge in [-0.1, -0.05) is 19.4 Å². The van der Waals surface area contributed by atoms with Crippen molar-refractivity contribution < 1.29 is 23.8 Å². The Kier molecular flexibility index (Phi) is 8.97. The number of benzene rings is 1. The first-order chi connectivity index (χ1) is 15.6. The number of carbonyl (C=O) groups is 2. The van der Waals surface area contributed by atoms with Crippen molar-refractivity contribution in [3.8, 4) is 11.5 Å². The minimum atomic E-state index is -0.375. The van der Waals surface area contributed by atoms with Crippen molar-refractivity contribution in [1.82, 2.24) is 0 Å². The Morgan fingerprint density at radius 3 is 2.66 bits per heavy atom. The normalized spacial score (nSPS) is 12.7. The summed E-state index contributed by atoms with van der Waals surface area (Å²) in [5.41, 5.74) is 2.58. The Morgan fingerprint density at radius 2 is 1.91 bits per heavy atom. The SMILES string of the molecule is CCCCOc1ccc(CCC(=O)Nc2sc3c(c2C(=O)OC)CCCC3)cc1OCC. The lowest BCUT2D eigenvalue weighted by atomic mass is 9.95. The maximum absolute atomic E-state index is 12.7. The van der Waals surface area contributed by atoms with E-state index in [0.29, 0.717) is 42.4 Å². The highest BCUT2D eigenvalue weighted by Crippen LogP contribution is 2.38. The van der Waals surface area contributed by atoms with Gasteiger partial charge in [0.05, 0.1) is 25.9 Å². The molecule has 0 radical (unpaired) electrons. The van der Waals surface area contributed by atoms with Gasteiger partial charge in [0.1, 0.15) is 5.00 Å². The number of hydrogen-bond donors (Lipinski definition) is 1. The van der Waals surface area contributed by atoms with E-state index in [1.54, 1.807) is 0 Å². The van der Waals surface area contributed by atoms with Crippen molar-refractivity contribution in [2.75, 3.05) is 25.6 Å². The minimum Gasteiger partial charge on any atom is -0.490 e. The maximum Gasteiger partial charge on any atom is 0.341 e. The van der Waals surface area contributed by atoms with Crippen molar-refractivity contribution in [3.05, 3.63) is 39.8 Å². The fourth-order valence-electron chi connectivity index (χ4n) is 3.84. The Hall–Kier alpha value is -2.54. The number of rotatable bonds is 11. The number of amides is 1. The molecule has 0 saturated carbocycles. The van der Waals surface area contributed by atoms with E-state index >= 15 is 0 Å². The predicted octanol–water partition coefficient (Wildman–Crippen LogP) is 5.56. The summed E-state index contributed by atoms with van der Waals surface area (Å²) in [4.78, 5) is 26.2. The summed E-state index contributed by atoms with van der Waals surface area (Å²) < 4.78 is 16.6. The van der Waals surface area contributed by atoms with Gasteiger partial charge in [-0.05, 0) is 68.7 Å². The predicted molar refractivity (Wildman–Crippen MR) is 127 cm³/mol. The number of aryl methyl sites for hydroxylation is 2. The summed E-state index contributed by atoms with van der Waals surface area (Å²) >= 11 is 1.51. The number of thiophene rings is 1. The highest BCUT2D eigenvalue weighted by atomic mass is 32.1. The lowest BCUT2D eigenvalue weighted by Crippen LogP contribution is -2.15. The van der Waals surface area contributed by atoms with Crippen LogP contribution in [0.25, 0.3) is 0 Å². The average molecular weight is 460 g/mol. The van der Waals surface area contributed by atoms with Crippen LogP contribution in [-0.2, 0) is 28.8 Å². The average Bonchev–Trinajstić information content (AvgIpc) is 3.16. The lowest BCUT2D eigenvalue weighted by molar-refractivity contribution is -0.116. The van der Waals surface area contributed by atoms with E-state index in [0.717, 1.165) is 55.4 Å². The van der Waals surface area contributed by atoms with Gasteiger partial charge < -0.3 is 19.5 Å². The number of unbranched alkanes of at least 4 members (excludes halogenated alkanes) is 1. The molecule has 1 heterocycles. The number of fused-ring (bicyclic) bond motifs is 1. The number of ether oxygens (including phenoxy) is 3. The molecule has 6 nitrogen and oxygen atoms in total. The minimum absolute atomic E-state index is 0.116. The van der Waals surface area contributed by atoms with E-state index in [1.807, 2.05) is 25.1 Å². The summed E-state index contributed by atoms with van der Waals surface area (Å²) in [6, 6.07) is 5.83. The van der Waals surface area contributed by atoms with Gasteiger partial charge >= 0.3 is 5.97 Å². The number of esters is 1. The molecule has 1 aliphatic rings. The van der Waals surface area contributed by atoms with E-state index in [-0.39, 0.29) is 11.9 Å². The second kappa shape index (κ2) is 11.9. The van der Waals surface area contributed by atoms with Gasteiger partial charge in [0.2, 0.25) is 5.91 Å². The monoisotopic (exact) mass is 459 g/mol. The maximum atomic E-state index is 12.7. The second-order valence-electron chi connectivity index (χ2n) is 7.87. The first kappa shape index (κ1) is 24.1. The number of carbonyl (C=O) groups excluding carboxylic acids is 2. The summed E-state index contributed by atoms with van der Waals surface area (Å²) in [7, 11) is 1.38. The molecular formula is C25H33NO5S. The zero-order chi connectivity index (χ0) is 22.9. The topological polar surface area (TPSA) is 73.9 Å². The molecule has 0 atom stereocenters. The Labute approximate surface area is 194 Å². The zero-order valence-corrected chi connectivity index (χ0v) is 20.1. The number of methoxy groups -OCH3 is 1. The standard InChI is InChI=1S/C25H33NO5S/c1-4-6-15-31-19-13-11-17(16-20(19)30-5-2)12-14-22(27)26-24-23(25(28)29-3)18-9-7-8-10-21(18)32-24/h11,13,16H,4-10,12,14-15H2,1-3H3,(H,26,27). The van der Waals surface area contributed by atoms with Crippen LogP contribution in [0.4, 0.5) is 5.00 Å². The van der Waals surface area contributed by atoms with E-state index in [4.69, 9.17) is 14.2 Å². The molecule has 1 aliphatic carbocycles. The summed E-state index contributed by atoms with van der Waals surface area (Å²) in [6.07, 6.45) is 6.93. The van der Waals surface area contributed by atoms with Gasteiger partial charge in [0.15, 0.2) is 11.5 Å². The molecule has 174 valence electrons. The molecule has 0 saturated heterocycles. The van der Waals surface area contributed by atoms with Crippen molar-refractivity contribution >= 4 is 28.2 Å². The zero-order valence-electron chi connectivity index (χ0n) is 19.3. The smallest absolute Gasteiger partial charge is 0.341 e. The van der Waals surface area contributed by atoms with Crippen LogP contribution in [0.5, 0.6) is 11.5 Å². The number of hydrogen-bond acceptors (Lipinski definition) is 6. The number of anilines is 1. The Balaban J connectivity index is 1.65. The summed E-state index contributed by atoms with van der Waals surface area (Å²) in [5.74, 6) is 0.954. The molecule has 32 heavy (non-hydrogen) atoms. The lowest BCUT2D eigenvalue weighted by Gasteiger charge is -2.13. The van der Waals surface area contributed by atoms with E-state index in [2.05, 4.69) is 12.2 Å². The van der Waals surface area contributed by atoms with Crippen LogP contribution >= 0.6 is 11.3 Å². The molecule has 1 aromatic carbocycles. The van der Waals surface area contributed by atoms with E-state index in [9.17, 15) is 9.59 Å². The molecule has 1 N–H and O–H groups in total. The highest BCUT2D eigenvalue weighted by molar-refractivity contribution is 7.17. The molecule has 1 aromatic heterocycles. The first-order valence-electron chi connectivity index (χ1n) is 11.5. The molecule has 7 heteroatoms. The van der Waals surface area contributed by atoms with Crippen molar-refractivity contribution in [2.24, 2.45) is 0 Å². The fraction of sp³-hybridized carbons (Fsp3) is 0.520. The molecule has 2 aromatic rings. The molecular weight excluding hydrogens is 426 g/mol. The molecule has 0 aliphatic heterocycles. The van der Waals surface area contributed by atoms with Crippen LogP contribution in [0.2, 0.25) is 0 Å². The summed E-state index contributed by atoms with van der Waals surface area (Å²) in [5, 5.41) is 3.58. The fourth-order valence-corrected chi connectivity index (χ4v) is 5.13. The molecule has 3 rings (SSSR count). The van der Waals surface area contributed by atoms with Crippen LogP contribution in [0.3, 0.4) is 0 Å². The molecule has 1 amide bonds. The Morgan fingerprint density at radius 1 is 1.09 bits per heavy atom. The van der Waals surface area contributed by atoms with Crippen molar-refractivity contribution in [1.29, 1.82) is 0 Å². The van der Waals surface area contributed by atoms with Gasteiger partial charge in [-0.2, -0.15) is 0 Å². The van der Waals surface area contributed by atoms with Gasteiger partial charge in [-0.3, -0.25) is 4.79 Å². The largest absolute Gasteiger partial charge is 0.490 e. The molecule has 0 fully saturated rings. The van der Waals surface area contributed by atoms with E-state index < -0.39 is 0 Å². The van der Waals surface area contributed by atoms with E-state index in [1.165, 1.54) is 23.3 Å². The van der Waals surface area contributed by atoms with Gasteiger partial charge in [-0.25, -0.2) is 4.79 Å². The highest BCUT2D eigenvalue weighted by Gasteiger charge is 2.26. The molecule has 0 unspecified atom stereocenters. The van der Waals surface area contributed by atoms with Crippen molar-refractivity contribution in [2.45, 2.75) is 65.2 Å². The second-order valence-corrected chi connectivity index (χ2v) is 8.98. The van der Waals surface area contributed by atoms with Gasteiger partial charge in [0.25, 0.3) is 0 Å². The quantitative estimate of drug-likeness (QED) is 0.352. The van der Waals surface area contributed by atoms with Crippen LogP contribution in [0.15, 0.2) is 18.2 Å². The number of nitrogens with one attached hydrogen (secondary N) is 1. The van der Waals surface area contributed by atoms with Crippen LogP contribution in [0, 0.1) is 0 Å². The third kappa shape index (κ3) is 6.03. The Bertz CT molecular complexity index is 937. The van der Waals surface area contributed by atoms with Crippen molar-refractivity contribution in [3.63, 3.8) is 0 Å². The third-order valence-electron chi connectivity index (χ3n) is 5.52. The first-order valence-corrected chi connectivity index (χ1v) is 12.3. The molecule has 0 bridgehead atoms. The van der Waals surface area contributed by atoms with Crippen LogP contribution in [-0.4, -0.2) is 32.2 Å². The van der Waals surface area contributed by atoms with Crippen LogP contribution < -0.4 is 14.8 Å². The van der Waals surface area contributed by atoms with Gasteiger partial charge in [-0.15, -0.1) is 11.3 Å². The summed E-state index contributed by atoms with van der Waals surface area (Å²) in [6.45, 7) is 5.27. The van der Waals surface area contributed by atoms with Gasteiger partial charge in [0, 0.05) is 11.3 Å². The van der Waals surface area contributed by atoms with Crippen LogP contribution in [0.1, 0.15) is 72.3 Å². The molecule has 0 spiro atoms. The third-order valence-corrected chi connectivity index (χ3v) is 6.73.